The van der Waals surface area contributed by atoms with E-state index in [0.717, 1.165) is 47.5 Å². The number of thiazole rings is 1. The van der Waals surface area contributed by atoms with Gasteiger partial charge >= 0.3 is 0 Å². The number of rotatable bonds is 10. The van der Waals surface area contributed by atoms with Crippen LogP contribution in [0.4, 0.5) is 5.13 Å². The molecule has 184 valence electrons. The van der Waals surface area contributed by atoms with Gasteiger partial charge in [-0.1, -0.05) is 24.7 Å². The van der Waals surface area contributed by atoms with E-state index in [1.54, 1.807) is 4.90 Å². The summed E-state index contributed by atoms with van der Waals surface area (Å²) in [6, 6.07) is 11.2. The number of ether oxygens (including phenoxy) is 3. The molecule has 2 aromatic carbocycles. The van der Waals surface area contributed by atoms with Gasteiger partial charge in [-0.2, -0.15) is 0 Å². The van der Waals surface area contributed by atoms with Crippen molar-refractivity contribution in [3.05, 3.63) is 42.0 Å². The monoisotopic (exact) mass is 505 g/mol. The summed E-state index contributed by atoms with van der Waals surface area (Å²) in [7, 11) is 4.07. The second-order valence-electron chi connectivity index (χ2n) is 8.30. The number of benzene rings is 2. The predicted molar refractivity (Wildman–Crippen MR) is 140 cm³/mol. The minimum Gasteiger partial charge on any atom is -0.494 e. The van der Waals surface area contributed by atoms with E-state index in [4.69, 9.17) is 19.2 Å². The molecular weight excluding hydrogens is 474 g/mol. The third kappa shape index (κ3) is 6.31. The molecule has 0 atom stereocenters. The summed E-state index contributed by atoms with van der Waals surface area (Å²) in [5.74, 6) is 2.15. The minimum atomic E-state index is -0.0646. The van der Waals surface area contributed by atoms with E-state index in [9.17, 15) is 4.79 Å². The van der Waals surface area contributed by atoms with Crippen molar-refractivity contribution in [1.82, 2.24) is 9.88 Å². The van der Waals surface area contributed by atoms with Gasteiger partial charge in [-0.25, -0.2) is 4.98 Å². The highest BCUT2D eigenvalue weighted by molar-refractivity contribution is 7.22. The molecule has 0 unspecified atom stereocenters. The Labute approximate surface area is 211 Å². The zero-order valence-electron chi connectivity index (χ0n) is 19.9. The van der Waals surface area contributed by atoms with Crippen molar-refractivity contribution in [1.29, 1.82) is 0 Å². The van der Waals surface area contributed by atoms with E-state index in [0.29, 0.717) is 42.8 Å². The Kier molecular flexibility index (Phi) is 9.38. The quantitative estimate of drug-likeness (QED) is 0.350. The van der Waals surface area contributed by atoms with Gasteiger partial charge in [0.1, 0.15) is 19.0 Å². The number of hydrogen-bond acceptors (Lipinski definition) is 7. The molecule has 0 saturated heterocycles. The summed E-state index contributed by atoms with van der Waals surface area (Å²) in [5, 5.41) is 0.680. The number of carbonyl (C=O) groups is 1. The molecule has 7 nitrogen and oxygen atoms in total. The number of carbonyl (C=O) groups excluding carboxylic acids is 1. The molecule has 0 bridgehead atoms. The number of fused-ring (bicyclic) bond motifs is 2. The van der Waals surface area contributed by atoms with E-state index in [-0.39, 0.29) is 18.3 Å². The highest BCUT2D eigenvalue weighted by Crippen LogP contribution is 2.39. The lowest BCUT2D eigenvalue weighted by atomic mass is 10.2. The molecule has 0 spiro atoms. The summed E-state index contributed by atoms with van der Waals surface area (Å²) >= 11 is 1.50. The van der Waals surface area contributed by atoms with E-state index in [1.807, 2.05) is 50.5 Å². The average Bonchev–Trinajstić information content (AvgIpc) is 3.22. The van der Waals surface area contributed by atoms with E-state index in [2.05, 4.69) is 11.8 Å². The van der Waals surface area contributed by atoms with Crippen molar-refractivity contribution in [2.45, 2.75) is 26.2 Å². The third-order valence-corrected chi connectivity index (χ3v) is 6.41. The van der Waals surface area contributed by atoms with Gasteiger partial charge in [0, 0.05) is 24.2 Å². The maximum absolute atomic E-state index is 13.5. The first-order valence-electron chi connectivity index (χ1n) is 11.4. The Morgan fingerprint density at radius 2 is 1.76 bits per heavy atom. The maximum atomic E-state index is 13.5. The molecule has 0 saturated carbocycles. The molecule has 9 heteroatoms. The molecule has 2 heterocycles. The minimum absolute atomic E-state index is 0. The van der Waals surface area contributed by atoms with Gasteiger partial charge in [0.2, 0.25) is 0 Å². The van der Waals surface area contributed by atoms with Gasteiger partial charge in [0.05, 0.1) is 16.8 Å². The summed E-state index contributed by atoms with van der Waals surface area (Å²) in [6.07, 6.45) is 2.94. The van der Waals surface area contributed by atoms with Crippen LogP contribution in [0.2, 0.25) is 0 Å². The molecule has 0 fully saturated rings. The normalized spacial score (nSPS) is 12.5. The van der Waals surface area contributed by atoms with Gasteiger partial charge in [0.15, 0.2) is 16.6 Å². The van der Waals surface area contributed by atoms with Crippen molar-refractivity contribution in [3.8, 4) is 17.2 Å². The van der Waals surface area contributed by atoms with Crippen LogP contribution in [0.15, 0.2) is 36.4 Å². The first-order valence-corrected chi connectivity index (χ1v) is 12.3. The molecule has 3 aromatic rings. The van der Waals surface area contributed by atoms with Crippen molar-refractivity contribution in [2.24, 2.45) is 0 Å². The standard InChI is InChI=1S/C25H31N3O4S.ClH/c1-4-5-13-30-19-9-7-18(8-10-19)24(29)28(12-6-11-27(2)3)25-26-20-16-21-22(17-23(20)33-25)32-15-14-31-21;/h7-10,16-17H,4-6,11-15H2,1-3H3;1H. The Morgan fingerprint density at radius 1 is 1.06 bits per heavy atom. The van der Waals surface area contributed by atoms with Crippen LogP contribution in [-0.4, -0.2) is 62.8 Å². The molecule has 0 N–H and O–H groups in total. The molecule has 1 aliphatic rings. The highest BCUT2D eigenvalue weighted by Gasteiger charge is 2.23. The molecule has 34 heavy (non-hydrogen) atoms. The van der Waals surface area contributed by atoms with Crippen molar-refractivity contribution in [3.63, 3.8) is 0 Å². The van der Waals surface area contributed by atoms with E-state index < -0.39 is 0 Å². The van der Waals surface area contributed by atoms with Gasteiger partial charge < -0.3 is 19.1 Å². The lowest BCUT2D eigenvalue weighted by Gasteiger charge is -2.21. The van der Waals surface area contributed by atoms with Crippen LogP contribution in [0.1, 0.15) is 36.5 Å². The van der Waals surface area contributed by atoms with Crippen LogP contribution < -0.4 is 19.1 Å². The highest BCUT2D eigenvalue weighted by atomic mass is 35.5. The fraction of sp³-hybridized carbons (Fsp3) is 0.440. The number of unbranched alkanes of at least 4 members (excludes halogenated alkanes) is 1. The van der Waals surface area contributed by atoms with Crippen molar-refractivity contribution < 1.29 is 19.0 Å². The third-order valence-electron chi connectivity index (χ3n) is 5.37. The summed E-state index contributed by atoms with van der Waals surface area (Å²) < 4.78 is 18.1. The van der Waals surface area contributed by atoms with Gasteiger partial charge in [-0.3, -0.25) is 9.69 Å². The molecule has 1 amide bonds. The molecule has 4 rings (SSSR count). The number of aromatic nitrogens is 1. The fourth-order valence-electron chi connectivity index (χ4n) is 3.58. The Morgan fingerprint density at radius 3 is 2.44 bits per heavy atom. The first kappa shape index (κ1) is 26.1. The number of halogens is 1. The van der Waals surface area contributed by atoms with Crippen LogP contribution in [0, 0.1) is 0 Å². The van der Waals surface area contributed by atoms with E-state index >= 15 is 0 Å². The SMILES string of the molecule is CCCCOc1ccc(C(=O)N(CCCN(C)C)c2nc3cc4c(cc3s2)OCCO4)cc1.Cl. The molecule has 0 aliphatic carbocycles. The maximum Gasteiger partial charge on any atom is 0.260 e. The van der Waals surface area contributed by atoms with Crippen LogP contribution in [0.25, 0.3) is 10.2 Å². The first-order chi connectivity index (χ1) is 16.0. The predicted octanol–water partition coefficient (Wildman–Crippen LogP) is 5.27. The average molecular weight is 506 g/mol. The topological polar surface area (TPSA) is 64.1 Å². The van der Waals surface area contributed by atoms with Gasteiger partial charge in [-0.05, 0) is 57.7 Å². The van der Waals surface area contributed by atoms with Crippen molar-refractivity contribution >= 4 is 45.0 Å². The number of anilines is 1. The smallest absolute Gasteiger partial charge is 0.260 e. The lowest BCUT2D eigenvalue weighted by Crippen LogP contribution is -2.33. The zero-order chi connectivity index (χ0) is 23.2. The Bertz CT molecular complexity index is 1040. The zero-order valence-corrected chi connectivity index (χ0v) is 21.5. The molecule has 1 aliphatic heterocycles. The molecule has 1 aromatic heterocycles. The van der Waals surface area contributed by atoms with Crippen LogP contribution in [0.5, 0.6) is 17.2 Å². The molecule has 0 radical (unpaired) electrons. The van der Waals surface area contributed by atoms with E-state index in [1.165, 1.54) is 11.3 Å². The van der Waals surface area contributed by atoms with Gasteiger partial charge in [-0.15, -0.1) is 12.4 Å². The van der Waals surface area contributed by atoms with Crippen LogP contribution >= 0.6 is 23.7 Å². The van der Waals surface area contributed by atoms with Crippen LogP contribution in [0.3, 0.4) is 0 Å². The second-order valence-corrected chi connectivity index (χ2v) is 9.31. The largest absolute Gasteiger partial charge is 0.494 e. The van der Waals surface area contributed by atoms with Crippen LogP contribution in [-0.2, 0) is 0 Å². The summed E-state index contributed by atoms with van der Waals surface area (Å²) in [5.41, 5.74) is 1.43. The summed E-state index contributed by atoms with van der Waals surface area (Å²) in [6.45, 7) is 5.35. The fourth-order valence-corrected chi connectivity index (χ4v) is 4.58. The number of nitrogens with zero attached hydrogens (tertiary/aromatic N) is 3. The Hall–Kier alpha value is -2.55. The van der Waals surface area contributed by atoms with Gasteiger partial charge in [0.25, 0.3) is 5.91 Å². The molecular formula is C25H32ClN3O4S. The Balaban J connectivity index is 0.00000324. The number of amides is 1. The second kappa shape index (κ2) is 12.2. The summed E-state index contributed by atoms with van der Waals surface area (Å²) in [4.78, 5) is 22.2. The number of hydrogen-bond donors (Lipinski definition) is 0. The van der Waals surface area contributed by atoms with Crippen molar-refractivity contribution in [2.75, 3.05) is 51.9 Å². The lowest BCUT2D eigenvalue weighted by molar-refractivity contribution is 0.0986.